The smallest absolute Gasteiger partial charge is 0.311 e. The van der Waals surface area contributed by atoms with Crippen molar-refractivity contribution in [2.75, 3.05) is 19.8 Å². The van der Waals surface area contributed by atoms with Gasteiger partial charge < -0.3 is 19.8 Å². The lowest BCUT2D eigenvalue weighted by molar-refractivity contribution is -0.144. The van der Waals surface area contributed by atoms with Crippen LogP contribution >= 0.6 is 0 Å². The maximum absolute atomic E-state index is 12.4. The lowest BCUT2D eigenvalue weighted by Gasteiger charge is -2.29. The van der Waals surface area contributed by atoms with Crippen LogP contribution in [0.4, 0.5) is 0 Å². The lowest BCUT2D eigenvalue weighted by atomic mass is 10.0. The van der Waals surface area contributed by atoms with Gasteiger partial charge in [-0.05, 0) is 13.0 Å². The number of phenols is 1. The molecule has 2 rings (SSSR count). The van der Waals surface area contributed by atoms with Gasteiger partial charge in [0, 0.05) is 12.1 Å². The summed E-state index contributed by atoms with van der Waals surface area (Å²) in [6.45, 7) is 2.57. The monoisotopic (exact) mass is 293 g/mol. The number of phenolic OH excluding ortho intramolecular Hbond substituents is 1. The molecule has 21 heavy (non-hydrogen) atoms. The van der Waals surface area contributed by atoms with E-state index in [0.717, 1.165) is 0 Å². The topological polar surface area (TPSA) is 87.1 Å². The van der Waals surface area contributed by atoms with Crippen LogP contribution in [0, 0.1) is 5.92 Å². The second-order valence-electron chi connectivity index (χ2n) is 5.03. The van der Waals surface area contributed by atoms with Gasteiger partial charge >= 0.3 is 5.97 Å². The number of carboxylic acids is 1. The zero-order valence-corrected chi connectivity index (χ0v) is 11.9. The van der Waals surface area contributed by atoms with Crippen LogP contribution in [0.5, 0.6) is 5.75 Å². The Hall–Kier alpha value is -2.08. The molecular weight excluding hydrogens is 274 g/mol. The zero-order valence-electron chi connectivity index (χ0n) is 11.9. The number of carboxylic acid groups (broad SMARTS) is 1. The van der Waals surface area contributed by atoms with Crippen molar-refractivity contribution in [2.24, 2.45) is 5.92 Å². The number of nitrogens with zero attached hydrogens (tertiary/aromatic N) is 1. The Morgan fingerprint density at radius 3 is 2.67 bits per heavy atom. The first-order chi connectivity index (χ1) is 10.0. The van der Waals surface area contributed by atoms with Crippen molar-refractivity contribution in [1.82, 2.24) is 4.90 Å². The average molecular weight is 293 g/mol. The SMILES string of the molecule is CCN(C(=O)Cc1ccccc1O)C1COCC1C(=O)O. The number of ether oxygens (including phenoxy) is 1. The van der Waals surface area contributed by atoms with Gasteiger partial charge in [-0.3, -0.25) is 9.59 Å². The predicted octanol–water partition coefficient (Wildman–Crippen LogP) is 0.883. The highest BCUT2D eigenvalue weighted by Gasteiger charge is 2.39. The minimum absolute atomic E-state index is 0.0450. The Bertz CT molecular complexity index is 531. The molecule has 0 bridgehead atoms. The molecule has 1 fully saturated rings. The summed E-state index contributed by atoms with van der Waals surface area (Å²) in [6.07, 6.45) is 0.0450. The minimum Gasteiger partial charge on any atom is -0.508 e. The van der Waals surface area contributed by atoms with E-state index >= 15 is 0 Å². The van der Waals surface area contributed by atoms with Crippen LogP contribution in [0.2, 0.25) is 0 Å². The molecule has 1 aromatic carbocycles. The fourth-order valence-electron chi connectivity index (χ4n) is 2.61. The van der Waals surface area contributed by atoms with Crippen molar-refractivity contribution in [3.05, 3.63) is 29.8 Å². The number of hydrogen-bond acceptors (Lipinski definition) is 4. The summed E-state index contributed by atoms with van der Waals surface area (Å²) < 4.78 is 5.21. The summed E-state index contributed by atoms with van der Waals surface area (Å²) in [5.74, 6) is -1.79. The Morgan fingerprint density at radius 2 is 2.05 bits per heavy atom. The van der Waals surface area contributed by atoms with Crippen LogP contribution in [-0.4, -0.2) is 52.8 Å². The van der Waals surface area contributed by atoms with E-state index in [1.54, 1.807) is 25.1 Å². The van der Waals surface area contributed by atoms with E-state index in [2.05, 4.69) is 0 Å². The first-order valence-electron chi connectivity index (χ1n) is 6.91. The van der Waals surface area contributed by atoms with E-state index in [9.17, 15) is 19.8 Å². The van der Waals surface area contributed by atoms with E-state index in [1.807, 2.05) is 0 Å². The summed E-state index contributed by atoms with van der Waals surface area (Å²) in [7, 11) is 0. The van der Waals surface area contributed by atoms with E-state index in [4.69, 9.17) is 4.74 Å². The zero-order chi connectivity index (χ0) is 15.4. The lowest BCUT2D eigenvalue weighted by Crippen LogP contribution is -2.47. The maximum atomic E-state index is 12.4. The number of aliphatic carboxylic acids is 1. The Kier molecular flexibility index (Phi) is 4.80. The van der Waals surface area contributed by atoms with Gasteiger partial charge in [0.2, 0.25) is 5.91 Å². The molecule has 0 radical (unpaired) electrons. The highest BCUT2D eigenvalue weighted by atomic mass is 16.5. The number of aromatic hydroxyl groups is 1. The summed E-state index contributed by atoms with van der Waals surface area (Å²) in [5, 5.41) is 18.9. The molecule has 2 unspecified atom stereocenters. The Morgan fingerprint density at radius 1 is 1.33 bits per heavy atom. The van der Waals surface area contributed by atoms with Crippen LogP contribution in [-0.2, 0) is 20.7 Å². The molecule has 6 nitrogen and oxygen atoms in total. The van der Waals surface area contributed by atoms with Crippen molar-refractivity contribution < 1.29 is 24.5 Å². The third-order valence-electron chi connectivity index (χ3n) is 3.76. The van der Waals surface area contributed by atoms with E-state index < -0.39 is 17.9 Å². The van der Waals surface area contributed by atoms with E-state index in [1.165, 1.54) is 11.0 Å². The van der Waals surface area contributed by atoms with Crippen LogP contribution in [0.25, 0.3) is 0 Å². The standard InChI is InChI=1S/C15H19NO5/c1-2-16(12-9-21-8-11(12)15(19)20)14(18)7-10-5-3-4-6-13(10)17/h3-6,11-12,17H,2,7-9H2,1H3,(H,19,20). The quantitative estimate of drug-likeness (QED) is 0.841. The van der Waals surface area contributed by atoms with Crippen molar-refractivity contribution in [3.63, 3.8) is 0 Å². The van der Waals surface area contributed by atoms with Gasteiger partial charge in [0.15, 0.2) is 0 Å². The van der Waals surface area contributed by atoms with Gasteiger partial charge in [0.25, 0.3) is 0 Å². The second kappa shape index (κ2) is 6.58. The fourth-order valence-corrected chi connectivity index (χ4v) is 2.61. The third-order valence-corrected chi connectivity index (χ3v) is 3.76. The highest BCUT2D eigenvalue weighted by molar-refractivity contribution is 5.81. The minimum atomic E-state index is -0.952. The number of amides is 1. The van der Waals surface area contributed by atoms with Crippen molar-refractivity contribution in [3.8, 4) is 5.75 Å². The molecule has 1 saturated heterocycles. The number of carbonyl (C=O) groups excluding carboxylic acids is 1. The molecule has 114 valence electrons. The number of carbonyl (C=O) groups is 2. The molecule has 2 N–H and O–H groups in total. The summed E-state index contributed by atoms with van der Waals surface area (Å²) in [4.78, 5) is 25.2. The molecular formula is C15H19NO5. The maximum Gasteiger partial charge on any atom is 0.311 e. The predicted molar refractivity (Wildman–Crippen MR) is 74.9 cm³/mol. The molecule has 0 saturated carbocycles. The van der Waals surface area contributed by atoms with Gasteiger partial charge in [-0.1, -0.05) is 18.2 Å². The number of hydrogen-bond donors (Lipinski definition) is 2. The largest absolute Gasteiger partial charge is 0.508 e. The van der Waals surface area contributed by atoms with E-state index in [-0.39, 0.29) is 31.3 Å². The van der Waals surface area contributed by atoms with Crippen LogP contribution in [0.1, 0.15) is 12.5 Å². The average Bonchev–Trinajstić information content (AvgIpc) is 2.91. The Balaban J connectivity index is 2.12. The number of benzene rings is 1. The van der Waals surface area contributed by atoms with Gasteiger partial charge in [-0.15, -0.1) is 0 Å². The van der Waals surface area contributed by atoms with Crippen molar-refractivity contribution in [1.29, 1.82) is 0 Å². The number of rotatable bonds is 5. The molecule has 1 heterocycles. The third kappa shape index (κ3) is 3.33. The second-order valence-corrected chi connectivity index (χ2v) is 5.03. The van der Waals surface area contributed by atoms with Crippen LogP contribution in [0.15, 0.2) is 24.3 Å². The molecule has 1 aliphatic heterocycles. The molecule has 0 spiro atoms. The summed E-state index contributed by atoms with van der Waals surface area (Å²) in [6, 6.07) is 6.19. The normalized spacial score (nSPS) is 21.2. The van der Waals surface area contributed by atoms with E-state index in [0.29, 0.717) is 12.1 Å². The molecule has 1 aromatic rings. The molecule has 1 amide bonds. The first-order valence-corrected chi connectivity index (χ1v) is 6.91. The van der Waals surface area contributed by atoms with Crippen LogP contribution < -0.4 is 0 Å². The molecule has 0 aromatic heterocycles. The number of likely N-dealkylation sites (N-methyl/N-ethyl adjacent to an activating group) is 1. The highest BCUT2D eigenvalue weighted by Crippen LogP contribution is 2.22. The molecule has 1 aliphatic rings. The molecule has 0 aliphatic carbocycles. The molecule has 2 atom stereocenters. The van der Waals surface area contributed by atoms with Crippen molar-refractivity contribution in [2.45, 2.75) is 19.4 Å². The molecule has 6 heteroatoms. The Labute approximate surface area is 122 Å². The summed E-state index contributed by atoms with van der Waals surface area (Å²) >= 11 is 0. The first kappa shape index (κ1) is 15.3. The summed E-state index contributed by atoms with van der Waals surface area (Å²) in [5.41, 5.74) is 0.534. The van der Waals surface area contributed by atoms with Gasteiger partial charge in [0.1, 0.15) is 11.7 Å². The van der Waals surface area contributed by atoms with Gasteiger partial charge in [0.05, 0.1) is 25.7 Å². The van der Waals surface area contributed by atoms with Crippen molar-refractivity contribution >= 4 is 11.9 Å². The van der Waals surface area contributed by atoms with Gasteiger partial charge in [-0.25, -0.2) is 0 Å². The fraction of sp³-hybridized carbons (Fsp3) is 0.467. The number of para-hydroxylation sites is 1. The van der Waals surface area contributed by atoms with Crippen LogP contribution in [0.3, 0.4) is 0 Å². The van der Waals surface area contributed by atoms with Gasteiger partial charge in [-0.2, -0.15) is 0 Å².